The molecule has 0 radical (unpaired) electrons. The fraction of sp³-hybridized carbons (Fsp3) is 0.364. The highest BCUT2D eigenvalue weighted by molar-refractivity contribution is 8.25. The summed E-state index contributed by atoms with van der Waals surface area (Å²) in [7, 11) is 0.601. The third-order valence-corrected chi connectivity index (χ3v) is 10.00. The zero-order chi connectivity index (χ0) is 30.6. The molecule has 1 fully saturated rings. The first-order chi connectivity index (χ1) is 20.7. The molecular weight excluding hydrogens is 564 g/mol. The summed E-state index contributed by atoms with van der Waals surface area (Å²) in [5, 5.41) is 18.6. The van der Waals surface area contributed by atoms with Crippen LogP contribution in [0.15, 0.2) is 72.9 Å². The van der Waals surface area contributed by atoms with Gasteiger partial charge in [-0.3, -0.25) is 18.2 Å². The number of anilines is 1. The lowest BCUT2D eigenvalue weighted by atomic mass is 9.99. The number of nitrogens with zero attached hydrogens (tertiary/aromatic N) is 2. The standard InChI is InChI=1S/C33H42N4O5S/c1-4-25-22-36(2)32-28(25)18-26(19-30(32)37-14-9-15-43(37,40)41)33(39)35-29(17-23-10-6-5-7-11-23)31(38)21-34-20-24-12-8-13-27(16-24)42-3/h5-8,10-13,16,18-19,22,29,31,34,38,40-41H,4,9,14-15,17,20-21H2,1-3H3,(H,35,39)/t29-,31+/m0/s1. The van der Waals surface area contributed by atoms with E-state index in [0.29, 0.717) is 42.9 Å². The van der Waals surface area contributed by atoms with E-state index in [1.807, 2.05) is 78.5 Å². The monoisotopic (exact) mass is 606 g/mol. The maximum atomic E-state index is 13.9. The van der Waals surface area contributed by atoms with E-state index in [0.717, 1.165) is 39.8 Å². The van der Waals surface area contributed by atoms with E-state index in [1.165, 1.54) is 0 Å². The van der Waals surface area contributed by atoms with E-state index in [1.54, 1.807) is 17.5 Å². The first kappa shape index (κ1) is 30.9. The molecule has 0 aliphatic carbocycles. The normalized spacial score (nSPS) is 16.7. The van der Waals surface area contributed by atoms with Crippen LogP contribution in [0.1, 0.15) is 40.4 Å². The van der Waals surface area contributed by atoms with Gasteiger partial charge in [0.25, 0.3) is 5.91 Å². The molecule has 1 saturated heterocycles. The first-order valence-corrected chi connectivity index (χ1v) is 16.4. The average Bonchev–Trinajstić information content (AvgIpc) is 3.54. The molecule has 4 aromatic rings. The number of amides is 1. The number of aromatic nitrogens is 1. The summed E-state index contributed by atoms with van der Waals surface area (Å²) in [4.78, 5) is 13.9. The Morgan fingerprint density at radius 2 is 1.84 bits per heavy atom. The van der Waals surface area contributed by atoms with Gasteiger partial charge in [0, 0.05) is 43.8 Å². The molecule has 9 nitrogen and oxygen atoms in total. The predicted octanol–water partition coefficient (Wildman–Crippen LogP) is 5.12. The predicted molar refractivity (Wildman–Crippen MR) is 174 cm³/mol. The Labute approximate surface area is 255 Å². The number of aryl methyl sites for hydroxylation is 2. The van der Waals surface area contributed by atoms with Gasteiger partial charge in [-0.1, -0.05) is 49.4 Å². The third-order valence-electron chi connectivity index (χ3n) is 8.08. The Kier molecular flexibility index (Phi) is 9.63. The summed E-state index contributed by atoms with van der Waals surface area (Å²) in [5.74, 6) is 0.757. The maximum absolute atomic E-state index is 13.9. The molecule has 5 rings (SSSR count). The van der Waals surface area contributed by atoms with E-state index < -0.39 is 22.9 Å². The molecule has 0 bridgehead atoms. The molecule has 5 N–H and O–H groups in total. The Morgan fingerprint density at radius 3 is 2.53 bits per heavy atom. The van der Waals surface area contributed by atoms with Crippen molar-refractivity contribution in [1.29, 1.82) is 0 Å². The fourth-order valence-corrected chi connectivity index (χ4v) is 7.45. The summed E-state index contributed by atoms with van der Waals surface area (Å²) in [6.45, 7) is 3.38. The fourth-order valence-electron chi connectivity index (χ4n) is 5.83. The first-order valence-electron chi connectivity index (χ1n) is 14.7. The van der Waals surface area contributed by atoms with Gasteiger partial charge in [0.2, 0.25) is 0 Å². The lowest BCUT2D eigenvalue weighted by molar-refractivity contribution is 0.0830. The number of methoxy groups -OCH3 is 1. The second-order valence-corrected chi connectivity index (χ2v) is 13.2. The van der Waals surface area contributed by atoms with Crippen molar-refractivity contribution >= 4 is 33.3 Å². The molecule has 1 aliphatic rings. The molecule has 1 aromatic heterocycles. The number of nitrogens with one attached hydrogen (secondary N) is 2. The molecular formula is C33H42N4O5S. The number of fused-ring (bicyclic) bond motifs is 1. The van der Waals surface area contributed by atoms with Crippen LogP contribution < -0.4 is 19.7 Å². The van der Waals surface area contributed by atoms with Gasteiger partial charge in [-0.2, -0.15) is 0 Å². The Balaban J connectivity index is 1.41. The summed E-state index contributed by atoms with van der Waals surface area (Å²) >= 11 is 0. The minimum absolute atomic E-state index is 0.270. The van der Waals surface area contributed by atoms with Crippen molar-refractivity contribution in [3.63, 3.8) is 0 Å². The molecule has 10 heteroatoms. The van der Waals surface area contributed by atoms with Crippen molar-refractivity contribution in [2.75, 3.05) is 30.3 Å². The minimum atomic E-state index is -2.97. The van der Waals surface area contributed by atoms with Gasteiger partial charge in [-0.05, 0) is 60.2 Å². The average molecular weight is 607 g/mol. The lowest BCUT2D eigenvalue weighted by Gasteiger charge is -2.38. The molecule has 1 aliphatic heterocycles. The molecule has 3 aromatic carbocycles. The van der Waals surface area contributed by atoms with Crippen molar-refractivity contribution in [3.8, 4) is 5.75 Å². The molecule has 0 unspecified atom stereocenters. The SMILES string of the molecule is CCc1cn(C)c2c(N3CCCS3(O)O)cc(C(=O)N[C@@H](Cc3ccccc3)[C@H](O)CNCc3cccc(OC)c3)cc12. The van der Waals surface area contributed by atoms with Crippen LogP contribution in [0.4, 0.5) is 5.69 Å². The van der Waals surface area contributed by atoms with E-state index in [4.69, 9.17) is 4.74 Å². The van der Waals surface area contributed by atoms with Crippen molar-refractivity contribution in [2.45, 2.75) is 44.9 Å². The van der Waals surface area contributed by atoms with Crippen LogP contribution in [0.3, 0.4) is 0 Å². The molecule has 0 spiro atoms. The van der Waals surface area contributed by atoms with Crippen LogP contribution in [-0.2, 0) is 26.4 Å². The number of hydrogen-bond donors (Lipinski definition) is 5. The Hall–Kier alpha value is -3.54. The molecule has 230 valence electrons. The summed E-state index contributed by atoms with van der Waals surface area (Å²) < 4.78 is 30.6. The van der Waals surface area contributed by atoms with Crippen LogP contribution in [-0.4, -0.2) is 62.8 Å². The van der Waals surface area contributed by atoms with Gasteiger partial charge in [0.1, 0.15) is 5.75 Å². The quantitative estimate of drug-likeness (QED) is 0.152. The van der Waals surface area contributed by atoms with Gasteiger partial charge in [-0.25, -0.2) is 0 Å². The van der Waals surface area contributed by atoms with Gasteiger partial charge in [-0.15, -0.1) is 10.8 Å². The second-order valence-electron chi connectivity index (χ2n) is 11.1. The van der Waals surface area contributed by atoms with Gasteiger partial charge in [0.15, 0.2) is 0 Å². The third kappa shape index (κ3) is 7.00. The van der Waals surface area contributed by atoms with E-state index in [2.05, 4.69) is 17.6 Å². The molecule has 0 saturated carbocycles. The highest BCUT2D eigenvalue weighted by Crippen LogP contribution is 2.52. The van der Waals surface area contributed by atoms with E-state index in [-0.39, 0.29) is 12.5 Å². The van der Waals surface area contributed by atoms with Crippen molar-refractivity contribution in [1.82, 2.24) is 15.2 Å². The lowest BCUT2D eigenvalue weighted by Crippen LogP contribution is -2.48. The zero-order valence-corrected chi connectivity index (χ0v) is 25.8. The number of hydrogen-bond acceptors (Lipinski definition) is 7. The molecule has 2 atom stereocenters. The molecule has 1 amide bonds. The maximum Gasteiger partial charge on any atom is 0.251 e. The summed E-state index contributed by atoms with van der Waals surface area (Å²) in [6.07, 6.45) is 3.05. The van der Waals surface area contributed by atoms with Crippen molar-refractivity contribution in [2.24, 2.45) is 7.05 Å². The zero-order valence-electron chi connectivity index (χ0n) is 25.0. The van der Waals surface area contributed by atoms with Crippen LogP contribution in [0, 0.1) is 0 Å². The van der Waals surface area contributed by atoms with Gasteiger partial charge in [0.05, 0.1) is 36.2 Å². The Morgan fingerprint density at radius 1 is 1.07 bits per heavy atom. The number of carbonyl (C=O) groups is 1. The highest BCUT2D eigenvalue weighted by atomic mass is 32.3. The van der Waals surface area contributed by atoms with Crippen LogP contribution in [0.2, 0.25) is 0 Å². The van der Waals surface area contributed by atoms with Crippen LogP contribution in [0.25, 0.3) is 10.9 Å². The van der Waals surface area contributed by atoms with Crippen molar-refractivity contribution in [3.05, 3.63) is 95.2 Å². The minimum Gasteiger partial charge on any atom is -0.497 e. The van der Waals surface area contributed by atoms with Gasteiger partial charge >= 0.3 is 0 Å². The number of ether oxygens (including phenoxy) is 1. The Bertz CT molecular complexity index is 1560. The number of aliphatic hydroxyl groups is 1. The van der Waals surface area contributed by atoms with Crippen molar-refractivity contribution < 1.29 is 23.7 Å². The van der Waals surface area contributed by atoms with Gasteiger partial charge < -0.3 is 25.0 Å². The molecule has 2 heterocycles. The van der Waals surface area contributed by atoms with E-state index in [9.17, 15) is 19.0 Å². The van der Waals surface area contributed by atoms with Crippen LogP contribution in [0.5, 0.6) is 5.75 Å². The molecule has 43 heavy (non-hydrogen) atoms. The largest absolute Gasteiger partial charge is 0.497 e. The van der Waals surface area contributed by atoms with Crippen LogP contribution >= 0.6 is 10.8 Å². The number of benzene rings is 3. The smallest absolute Gasteiger partial charge is 0.251 e. The summed E-state index contributed by atoms with van der Waals surface area (Å²) in [5.41, 5.74) is 5.03. The number of rotatable bonds is 12. The second kappa shape index (κ2) is 13.4. The highest BCUT2D eigenvalue weighted by Gasteiger charge is 2.32. The summed E-state index contributed by atoms with van der Waals surface area (Å²) in [6, 6.07) is 20.6. The number of aliphatic hydroxyl groups excluding tert-OH is 1. The topological polar surface area (TPSA) is 119 Å². The number of carbonyl (C=O) groups excluding carboxylic acids is 1. The van der Waals surface area contributed by atoms with E-state index >= 15 is 0 Å².